The highest BCUT2D eigenvalue weighted by Crippen LogP contribution is 2.34. The molecular formula is C21H23Cl3N4O3. The Balaban J connectivity index is 0.00000160. The number of nitrogens with zero attached hydrogens (tertiary/aromatic N) is 2. The van der Waals surface area contributed by atoms with E-state index in [1.165, 1.54) is 0 Å². The quantitative estimate of drug-likeness (QED) is 0.532. The van der Waals surface area contributed by atoms with Crippen LogP contribution in [-0.4, -0.2) is 22.7 Å². The Morgan fingerprint density at radius 3 is 2.42 bits per heavy atom. The molecule has 2 aromatic heterocycles. The normalized spacial score (nSPS) is 11.9. The predicted molar refractivity (Wildman–Crippen MR) is 124 cm³/mol. The van der Waals surface area contributed by atoms with E-state index in [1.54, 1.807) is 24.8 Å². The Labute approximate surface area is 199 Å². The number of carbonyl (C=O) groups is 1. The average molecular weight is 486 g/mol. The number of hydrogen-bond donors (Lipinski definition) is 2. The minimum absolute atomic E-state index is 0. The molecule has 10 heteroatoms. The molecule has 0 bridgehead atoms. The van der Waals surface area contributed by atoms with E-state index < -0.39 is 6.04 Å². The smallest absolute Gasteiger partial charge is 0.242 e. The molecule has 7 nitrogen and oxygen atoms in total. The SMILES string of the molecule is Cl.Cl.Cl.O=C(NCc1ccncc1)C(NCc1cccnc1)c1ccc2c(c1)OCO2. The number of aromatic nitrogens is 2. The lowest BCUT2D eigenvalue weighted by Crippen LogP contribution is -2.37. The number of hydrogen-bond acceptors (Lipinski definition) is 6. The molecule has 1 aliphatic rings. The summed E-state index contributed by atoms with van der Waals surface area (Å²) in [6, 6.07) is 12.6. The molecule has 3 aromatic rings. The molecule has 0 fully saturated rings. The van der Waals surface area contributed by atoms with Crippen LogP contribution in [0.5, 0.6) is 11.5 Å². The van der Waals surface area contributed by atoms with Gasteiger partial charge in [0.15, 0.2) is 11.5 Å². The Kier molecular flexibility index (Phi) is 11.1. The summed E-state index contributed by atoms with van der Waals surface area (Å²) in [5.74, 6) is 1.21. The third-order valence-electron chi connectivity index (χ3n) is 4.44. The molecular weight excluding hydrogens is 463 g/mol. The Morgan fingerprint density at radius 1 is 0.903 bits per heavy atom. The monoisotopic (exact) mass is 484 g/mol. The van der Waals surface area contributed by atoms with Crippen molar-refractivity contribution in [2.75, 3.05) is 6.79 Å². The van der Waals surface area contributed by atoms with Gasteiger partial charge in [-0.3, -0.25) is 20.1 Å². The third kappa shape index (κ3) is 6.97. The number of nitrogens with one attached hydrogen (secondary N) is 2. The molecule has 4 rings (SSSR count). The molecule has 0 saturated carbocycles. The first-order valence-corrected chi connectivity index (χ1v) is 8.98. The largest absolute Gasteiger partial charge is 0.454 e. The second kappa shape index (κ2) is 13.0. The predicted octanol–water partition coefficient (Wildman–Crippen LogP) is 3.62. The summed E-state index contributed by atoms with van der Waals surface area (Å²) in [4.78, 5) is 21.1. The molecule has 3 heterocycles. The number of fused-ring (bicyclic) bond motifs is 1. The summed E-state index contributed by atoms with van der Waals surface area (Å²) < 4.78 is 10.8. The van der Waals surface area contributed by atoms with Crippen molar-refractivity contribution in [3.63, 3.8) is 0 Å². The van der Waals surface area contributed by atoms with Crippen LogP contribution in [0.15, 0.2) is 67.3 Å². The van der Waals surface area contributed by atoms with Crippen LogP contribution in [-0.2, 0) is 17.9 Å². The number of pyridine rings is 2. The van der Waals surface area contributed by atoms with E-state index in [4.69, 9.17) is 9.47 Å². The Hall–Kier alpha value is -2.58. The summed E-state index contributed by atoms with van der Waals surface area (Å²) in [5, 5.41) is 6.30. The van der Waals surface area contributed by atoms with Gasteiger partial charge in [-0.25, -0.2) is 0 Å². The molecule has 1 aliphatic heterocycles. The van der Waals surface area contributed by atoms with Crippen LogP contribution in [0, 0.1) is 0 Å². The topological polar surface area (TPSA) is 85.4 Å². The summed E-state index contributed by atoms with van der Waals surface area (Å²) >= 11 is 0. The van der Waals surface area contributed by atoms with Gasteiger partial charge in [0.25, 0.3) is 0 Å². The van der Waals surface area contributed by atoms with Gasteiger partial charge in [-0.1, -0.05) is 12.1 Å². The lowest BCUT2D eigenvalue weighted by Gasteiger charge is -2.19. The van der Waals surface area contributed by atoms with Crippen molar-refractivity contribution in [2.45, 2.75) is 19.1 Å². The maximum atomic E-state index is 13.0. The average Bonchev–Trinajstić information content (AvgIpc) is 3.22. The van der Waals surface area contributed by atoms with Crippen molar-refractivity contribution in [2.24, 2.45) is 0 Å². The van der Waals surface area contributed by atoms with Gasteiger partial charge >= 0.3 is 0 Å². The highest BCUT2D eigenvalue weighted by Gasteiger charge is 2.23. The van der Waals surface area contributed by atoms with Crippen molar-refractivity contribution in [1.82, 2.24) is 20.6 Å². The van der Waals surface area contributed by atoms with Crippen molar-refractivity contribution < 1.29 is 14.3 Å². The highest BCUT2D eigenvalue weighted by molar-refractivity contribution is 5.86. The summed E-state index contributed by atoms with van der Waals surface area (Å²) in [6.07, 6.45) is 6.91. The van der Waals surface area contributed by atoms with Gasteiger partial charge in [0, 0.05) is 37.9 Å². The van der Waals surface area contributed by atoms with Crippen LogP contribution >= 0.6 is 37.2 Å². The fourth-order valence-electron chi connectivity index (χ4n) is 2.97. The van der Waals surface area contributed by atoms with Crippen molar-refractivity contribution >= 4 is 43.1 Å². The molecule has 1 aromatic carbocycles. The molecule has 1 unspecified atom stereocenters. The van der Waals surface area contributed by atoms with E-state index in [0.717, 1.165) is 16.7 Å². The number of rotatable bonds is 7. The molecule has 31 heavy (non-hydrogen) atoms. The van der Waals surface area contributed by atoms with Gasteiger partial charge in [0.2, 0.25) is 12.7 Å². The molecule has 0 aliphatic carbocycles. The number of carbonyl (C=O) groups excluding carboxylic acids is 1. The second-order valence-electron chi connectivity index (χ2n) is 6.36. The minimum atomic E-state index is -0.545. The van der Waals surface area contributed by atoms with Crippen molar-refractivity contribution in [3.05, 3.63) is 83.9 Å². The van der Waals surface area contributed by atoms with E-state index >= 15 is 0 Å². The van der Waals surface area contributed by atoms with Crippen LogP contribution < -0.4 is 20.1 Å². The molecule has 0 radical (unpaired) electrons. The van der Waals surface area contributed by atoms with E-state index in [-0.39, 0.29) is 49.9 Å². The van der Waals surface area contributed by atoms with Crippen LogP contribution in [0.3, 0.4) is 0 Å². The van der Waals surface area contributed by atoms with Gasteiger partial charge in [-0.15, -0.1) is 37.2 Å². The van der Waals surface area contributed by atoms with E-state index in [2.05, 4.69) is 20.6 Å². The number of amides is 1. The zero-order valence-electron chi connectivity index (χ0n) is 16.4. The van der Waals surface area contributed by atoms with Crippen LogP contribution in [0.25, 0.3) is 0 Å². The first-order valence-electron chi connectivity index (χ1n) is 8.98. The fourth-order valence-corrected chi connectivity index (χ4v) is 2.97. The van der Waals surface area contributed by atoms with Crippen LogP contribution in [0.2, 0.25) is 0 Å². The summed E-state index contributed by atoms with van der Waals surface area (Å²) in [7, 11) is 0. The lowest BCUT2D eigenvalue weighted by atomic mass is 10.0. The summed E-state index contributed by atoms with van der Waals surface area (Å²) in [5.41, 5.74) is 2.79. The maximum absolute atomic E-state index is 13.0. The van der Waals surface area contributed by atoms with Gasteiger partial charge in [-0.2, -0.15) is 0 Å². The second-order valence-corrected chi connectivity index (χ2v) is 6.36. The van der Waals surface area contributed by atoms with Crippen LogP contribution in [0.1, 0.15) is 22.7 Å². The number of halogens is 3. The standard InChI is InChI=1S/C21H20N4O3.3ClH/c26-21(25-12-15-5-8-22-9-6-15)20(24-13-16-2-1-7-23-11-16)17-3-4-18-19(10-17)28-14-27-18;;;/h1-11,20,24H,12-14H2,(H,25,26);3*1H. The lowest BCUT2D eigenvalue weighted by molar-refractivity contribution is -0.123. The Morgan fingerprint density at radius 2 is 1.68 bits per heavy atom. The molecule has 1 amide bonds. The highest BCUT2D eigenvalue weighted by atomic mass is 35.5. The molecule has 2 N–H and O–H groups in total. The van der Waals surface area contributed by atoms with Gasteiger partial charge in [0.05, 0.1) is 0 Å². The van der Waals surface area contributed by atoms with Crippen LogP contribution in [0.4, 0.5) is 0 Å². The fraction of sp³-hybridized carbons (Fsp3) is 0.190. The maximum Gasteiger partial charge on any atom is 0.242 e. The van der Waals surface area contributed by atoms with E-state index in [9.17, 15) is 4.79 Å². The third-order valence-corrected chi connectivity index (χ3v) is 4.44. The molecule has 1 atom stereocenters. The number of benzene rings is 1. The molecule has 0 spiro atoms. The van der Waals surface area contributed by atoms with E-state index in [1.807, 2.05) is 42.5 Å². The van der Waals surface area contributed by atoms with Crippen molar-refractivity contribution in [1.29, 1.82) is 0 Å². The molecule has 166 valence electrons. The summed E-state index contributed by atoms with van der Waals surface area (Å²) in [6.45, 7) is 1.13. The zero-order chi connectivity index (χ0) is 19.2. The van der Waals surface area contributed by atoms with Gasteiger partial charge < -0.3 is 14.8 Å². The van der Waals surface area contributed by atoms with Gasteiger partial charge in [0.1, 0.15) is 6.04 Å². The number of ether oxygens (including phenoxy) is 2. The van der Waals surface area contributed by atoms with E-state index in [0.29, 0.717) is 24.6 Å². The zero-order valence-corrected chi connectivity index (χ0v) is 18.8. The van der Waals surface area contributed by atoms with Crippen molar-refractivity contribution in [3.8, 4) is 11.5 Å². The first kappa shape index (κ1) is 26.5. The first-order chi connectivity index (χ1) is 13.8. The minimum Gasteiger partial charge on any atom is -0.454 e. The van der Waals surface area contributed by atoms with Gasteiger partial charge in [-0.05, 0) is 47.0 Å². The Bertz CT molecular complexity index is 949. The molecule has 0 saturated heterocycles.